The topological polar surface area (TPSA) is 115 Å². The molecule has 2 aromatic rings. The molecule has 2 aromatic carbocycles. The highest BCUT2D eigenvalue weighted by atomic mass is 16.6. The van der Waals surface area contributed by atoms with E-state index in [9.17, 15) is 14.4 Å². The second-order valence-corrected chi connectivity index (χ2v) is 10.9. The Kier molecular flexibility index (Phi) is 18.7. The minimum atomic E-state index is -0.525. The van der Waals surface area contributed by atoms with Crippen LogP contribution in [-0.2, 0) is 9.59 Å². The van der Waals surface area contributed by atoms with Crippen molar-refractivity contribution in [2.45, 2.75) is 104 Å². The molecule has 0 saturated carbocycles. The molecule has 0 fully saturated rings. The van der Waals surface area contributed by atoms with Crippen molar-refractivity contribution in [2.24, 2.45) is 5.10 Å². The molecular weight excluding hydrogens is 558 g/mol. The summed E-state index contributed by atoms with van der Waals surface area (Å²) >= 11 is 0. The predicted molar refractivity (Wildman–Crippen MR) is 175 cm³/mol. The Morgan fingerprint density at radius 3 is 2.02 bits per heavy atom. The summed E-state index contributed by atoms with van der Waals surface area (Å²) in [5.74, 6) is 0.206. The van der Waals surface area contributed by atoms with E-state index in [1.807, 2.05) is 0 Å². The van der Waals surface area contributed by atoms with Gasteiger partial charge in [0.15, 0.2) is 11.5 Å². The Balaban J connectivity index is 1.66. The Hall–Kier alpha value is -3.88. The SMILES string of the molecule is CCCCCCCCCCCCCC(=O)NCC(=O)N/N=C/c1ccc(OC(=O)c2ccc(OCCCC)cc2)c(OC)c1. The summed E-state index contributed by atoms with van der Waals surface area (Å²) in [4.78, 5) is 36.8. The van der Waals surface area contributed by atoms with Crippen LogP contribution >= 0.6 is 0 Å². The van der Waals surface area contributed by atoms with E-state index in [1.54, 1.807) is 42.5 Å². The molecule has 0 bridgehead atoms. The van der Waals surface area contributed by atoms with Gasteiger partial charge in [0.25, 0.3) is 5.91 Å². The summed E-state index contributed by atoms with van der Waals surface area (Å²) in [5, 5.41) is 6.59. The normalized spacial score (nSPS) is 10.9. The fourth-order valence-corrected chi connectivity index (χ4v) is 4.46. The molecule has 0 aromatic heterocycles. The maximum absolute atomic E-state index is 12.6. The highest BCUT2D eigenvalue weighted by Crippen LogP contribution is 2.28. The van der Waals surface area contributed by atoms with E-state index in [0.29, 0.717) is 35.7 Å². The first-order valence-corrected chi connectivity index (χ1v) is 16.2. The number of unbranched alkanes of at least 4 members (excludes halogenated alkanes) is 11. The molecule has 0 heterocycles. The number of hydrazone groups is 1. The van der Waals surface area contributed by atoms with E-state index in [0.717, 1.165) is 32.1 Å². The van der Waals surface area contributed by atoms with Gasteiger partial charge in [-0.2, -0.15) is 5.10 Å². The van der Waals surface area contributed by atoms with Crippen molar-refractivity contribution in [1.29, 1.82) is 0 Å². The Morgan fingerprint density at radius 2 is 1.39 bits per heavy atom. The first-order chi connectivity index (χ1) is 21.5. The van der Waals surface area contributed by atoms with Crippen LogP contribution in [-0.4, -0.2) is 44.3 Å². The lowest BCUT2D eigenvalue weighted by Crippen LogP contribution is -2.34. The van der Waals surface area contributed by atoms with Gasteiger partial charge in [0.2, 0.25) is 5.91 Å². The second kappa shape index (κ2) is 22.6. The molecular formula is C35H51N3O6. The van der Waals surface area contributed by atoms with Gasteiger partial charge in [-0.15, -0.1) is 0 Å². The molecule has 0 aliphatic carbocycles. The fourth-order valence-electron chi connectivity index (χ4n) is 4.46. The molecule has 0 unspecified atom stereocenters. The van der Waals surface area contributed by atoms with Crippen molar-refractivity contribution >= 4 is 24.0 Å². The van der Waals surface area contributed by atoms with Crippen LogP contribution in [0.2, 0.25) is 0 Å². The third-order valence-electron chi connectivity index (χ3n) is 7.10. The van der Waals surface area contributed by atoms with Crippen molar-refractivity contribution in [3.8, 4) is 17.2 Å². The third kappa shape index (κ3) is 15.5. The molecule has 2 rings (SSSR count). The van der Waals surface area contributed by atoms with Crippen LogP contribution in [0.15, 0.2) is 47.6 Å². The molecule has 0 spiro atoms. The molecule has 0 saturated heterocycles. The van der Waals surface area contributed by atoms with Crippen molar-refractivity contribution in [3.05, 3.63) is 53.6 Å². The molecule has 9 nitrogen and oxygen atoms in total. The van der Waals surface area contributed by atoms with Gasteiger partial charge >= 0.3 is 5.97 Å². The van der Waals surface area contributed by atoms with Crippen molar-refractivity contribution in [2.75, 3.05) is 20.3 Å². The number of hydrogen-bond acceptors (Lipinski definition) is 7. The molecule has 44 heavy (non-hydrogen) atoms. The Bertz CT molecular complexity index is 1150. The van der Waals surface area contributed by atoms with Crippen molar-refractivity contribution in [3.63, 3.8) is 0 Å². The van der Waals surface area contributed by atoms with Gasteiger partial charge < -0.3 is 19.5 Å². The number of benzene rings is 2. The molecule has 242 valence electrons. The zero-order chi connectivity index (χ0) is 31.8. The van der Waals surface area contributed by atoms with Crippen molar-refractivity contribution < 1.29 is 28.6 Å². The first kappa shape index (κ1) is 36.3. The number of esters is 1. The number of methoxy groups -OCH3 is 1. The molecule has 2 N–H and O–H groups in total. The molecule has 0 atom stereocenters. The van der Waals surface area contributed by atoms with E-state index in [4.69, 9.17) is 14.2 Å². The minimum absolute atomic E-state index is 0.133. The van der Waals surface area contributed by atoms with E-state index in [2.05, 4.69) is 29.7 Å². The standard InChI is InChI=1S/C35H51N3O6/c1-4-6-8-9-10-11-12-13-14-15-16-17-33(39)36-27-34(40)38-37-26-28-18-23-31(32(25-28)42-3)44-35(41)29-19-21-30(22-20-29)43-24-7-5-2/h18-23,25-26H,4-17,24,27H2,1-3H3,(H,36,39)(H,38,40)/b37-26+. The summed E-state index contributed by atoms with van der Waals surface area (Å²) in [7, 11) is 1.47. The quantitative estimate of drug-likeness (QED) is 0.0447. The molecule has 0 radical (unpaired) electrons. The summed E-state index contributed by atoms with van der Waals surface area (Å²) in [6, 6.07) is 11.7. The predicted octanol–water partition coefficient (Wildman–Crippen LogP) is 7.36. The Labute approximate surface area is 263 Å². The lowest BCUT2D eigenvalue weighted by atomic mass is 10.1. The summed E-state index contributed by atoms with van der Waals surface area (Å²) in [5.41, 5.74) is 3.41. The number of amides is 2. The van der Waals surface area contributed by atoms with Crippen LogP contribution in [0.25, 0.3) is 0 Å². The first-order valence-electron chi connectivity index (χ1n) is 16.2. The maximum Gasteiger partial charge on any atom is 0.343 e. The lowest BCUT2D eigenvalue weighted by molar-refractivity contribution is -0.126. The molecule has 9 heteroatoms. The van der Waals surface area contributed by atoms with Crippen LogP contribution in [0, 0.1) is 0 Å². The number of hydrogen-bond donors (Lipinski definition) is 2. The third-order valence-corrected chi connectivity index (χ3v) is 7.10. The number of nitrogens with one attached hydrogen (secondary N) is 2. The summed E-state index contributed by atoms with van der Waals surface area (Å²) in [6.45, 7) is 4.82. The highest BCUT2D eigenvalue weighted by molar-refractivity contribution is 5.92. The van der Waals surface area contributed by atoms with E-state index >= 15 is 0 Å². The van der Waals surface area contributed by atoms with E-state index in [-0.39, 0.29) is 18.2 Å². The van der Waals surface area contributed by atoms with Gasteiger partial charge in [-0.3, -0.25) is 9.59 Å². The summed E-state index contributed by atoms with van der Waals surface area (Å²) in [6.07, 6.45) is 17.3. The van der Waals surface area contributed by atoms with Crippen molar-refractivity contribution in [1.82, 2.24) is 10.7 Å². The maximum atomic E-state index is 12.6. The molecule has 0 aliphatic rings. The number of ether oxygens (including phenoxy) is 3. The fraction of sp³-hybridized carbons (Fsp3) is 0.543. The van der Waals surface area contributed by atoms with Crippen LogP contribution < -0.4 is 25.0 Å². The van der Waals surface area contributed by atoms with Gasteiger partial charge in [0.05, 0.1) is 32.0 Å². The number of nitrogens with zero attached hydrogens (tertiary/aromatic N) is 1. The van der Waals surface area contributed by atoms with E-state index in [1.165, 1.54) is 64.7 Å². The monoisotopic (exact) mass is 609 g/mol. The largest absolute Gasteiger partial charge is 0.494 e. The van der Waals surface area contributed by atoms with E-state index < -0.39 is 11.9 Å². The Morgan fingerprint density at radius 1 is 0.750 bits per heavy atom. The van der Waals surface area contributed by atoms with Gasteiger partial charge in [-0.05, 0) is 60.9 Å². The average molecular weight is 610 g/mol. The second-order valence-electron chi connectivity index (χ2n) is 10.9. The van der Waals surface area contributed by atoms with Gasteiger partial charge in [-0.25, -0.2) is 10.2 Å². The smallest absolute Gasteiger partial charge is 0.343 e. The molecule has 2 amide bonds. The van der Waals surface area contributed by atoms with Gasteiger partial charge in [0, 0.05) is 6.42 Å². The number of carbonyl (C=O) groups is 3. The van der Waals surface area contributed by atoms with Crippen LogP contribution in [0.5, 0.6) is 17.2 Å². The van der Waals surface area contributed by atoms with Gasteiger partial charge in [0.1, 0.15) is 5.75 Å². The molecule has 0 aliphatic heterocycles. The van der Waals surface area contributed by atoms with Gasteiger partial charge in [-0.1, -0.05) is 84.5 Å². The number of rotatable bonds is 23. The minimum Gasteiger partial charge on any atom is -0.494 e. The zero-order valence-corrected chi connectivity index (χ0v) is 26.8. The van der Waals surface area contributed by atoms with Crippen LogP contribution in [0.1, 0.15) is 120 Å². The zero-order valence-electron chi connectivity index (χ0n) is 26.8. The summed E-state index contributed by atoms with van der Waals surface area (Å²) < 4.78 is 16.5. The average Bonchev–Trinajstić information content (AvgIpc) is 3.03. The lowest BCUT2D eigenvalue weighted by Gasteiger charge is -2.10. The number of carbonyl (C=O) groups excluding carboxylic acids is 3. The van der Waals surface area contributed by atoms with Crippen LogP contribution in [0.4, 0.5) is 0 Å². The van der Waals surface area contributed by atoms with Crippen LogP contribution in [0.3, 0.4) is 0 Å². The highest BCUT2D eigenvalue weighted by Gasteiger charge is 2.13.